The Kier molecular flexibility index (Phi) is 10.1. The Balaban J connectivity index is 0.994. The van der Waals surface area contributed by atoms with Crippen LogP contribution < -0.4 is 16.4 Å². The molecule has 56 heavy (non-hydrogen) atoms. The number of nitrogen functional groups attached to an aromatic ring is 1. The van der Waals surface area contributed by atoms with Crippen LogP contribution in [0, 0.1) is 0 Å². The van der Waals surface area contributed by atoms with E-state index in [-0.39, 0.29) is 58.3 Å². The first-order valence-corrected chi connectivity index (χ1v) is 20.6. The van der Waals surface area contributed by atoms with Gasteiger partial charge in [0.05, 0.1) is 39.2 Å². The lowest BCUT2D eigenvalue weighted by molar-refractivity contribution is -0.120. The molecule has 286 valence electrons. The Morgan fingerprint density at radius 3 is 1.96 bits per heavy atom. The number of carbonyl (C=O) groups is 4. The number of hydrogen-bond acceptors (Lipinski definition) is 11. The number of carbonyl (C=O) groups excluding carboxylic acids is 4. The Labute approximate surface area is 322 Å². The first-order valence-electron chi connectivity index (χ1n) is 17.5. The third-order valence-corrected chi connectivity index (χ3v) is 12.6. The van der Waals surface area contributed by atoms with Crippen molar-refractivity contribution >= 4 is 60.5 Å². The lowest BCUT2D eigenvalue weighted by Gasteiger charge is -2.23. The smallest absolute Gasteiger partial charge is 0.407 e. The summed E-state index contributed by atoms with van der Waals surface area (Å²) < 4.78 is 66.8. The fourth-order valence-electron chi connectivity index (χ4n) is 7.20. The molecule has 2 aliphatic carbocycles. The fraction of sp³-hybridized carbons (Fsp3) is 0.171. The van der Waals surface area contributed by atoms with Gasteiger partial charge >= 0.3 is 6.09 Å². The fourth-order valence-corrected chi connectivity index (χ4v) is 9.20. The van der Waals surface area contributed by atoms with Crippen LogP contribution in [0.1, 0.15) is 68.7 Å². The van der Waals surface area contributed by atoms with Crippen LogP contribution in [0.3, 0.4) is 0 Å². The number of nitrogens with two attached hydrogens (primary N) is 1. The van der Waals surface area contributed by atoms with Gasteiger partial charge in [0.25, 0.3) is 10.1 Å². The van der Waals surface area contributed by atoms with E-state index in [0.29, 0.717) is 0 Å². The van der Waals surface area contributed by atoms with Crippen molar-refractivity contribution in [1.29, 1.82) is 0 Å². The summed E-state index contributed by atoms with van der Waals surface area (Å²) in [6, 6.07) is 27.1. The Bertz CT molecular complexity index is 2650. The molecule has 0 saturated carbocycles. The number of nitrogens with one attached hydrogen (secondary N) is 2. The molecular weight excluding hydrogens is 759 g/mol. The summed E-state index contributed by atoms with van der Waals surface area (Å²) in [7, 11) is -8.95. The highest BCUT2D eigenvalue weighted by atomic mass is 32.2. The molecule has 5 aromatic rings. The van der Waals surface area contributed by atoms with Gasteiger partial charge in [-0.2, -0.15) is 8.42 Å². The van der Waals surface area contributed by atoms with E-state index >= 15 is 0 Å². The number of alkyl carbamates (subject to hydrolysis) is 1. The minimum Gasteiger partial charge on any atom is -0.449 e. The third kappa shape index (κ3) is 7.19. The molecule has 1 atom stereocenters. The summed E-state index contributed by atoms with van der Waals surface area (Å²) in [4.78, 5) is 51.8. The van der Waals surface area contributed by atoms with Crippen molar-refractivity contribution in [2.24, 2.45) is 0 Å². The molecule has 5 N–H and O–H groups in total. The molecule has 0 spiro atoms. The maximum absolute atomic E-state index is 13.6. The summed E-state index contributed by atoms with van der Waals surface area (Å²) >= 11 is 0. The maximum Gasteiger partial charge on any atom is 0.407 e. The second kappa shape index (κ2) is 14.8. The lowest BCUT2D eigenvalue weighted by Crippen LogP contribution is -2.39. The standard InChI is InChI=1S/C41H35N3O10S2/c1-23(43-41(48)54-22-32-28-14-4-2-12-26(28)27-13-3-5-15-29(27)32)34(45)18-9-19-55(49,50)25-11-8-10-24(20-25)44-33-21-35(56(51,52)53)38(42)37-36(33)39(46)30-16-6-7-17-31(30)40(37)47/h2-8,10-17,20-21,23,32,44H,9,18-19,22,42H2,1H3,(H,43,48)(H,51,52,53). The summed E-state index contributed by atoms with van der Waals surface area (Å²) in [5, 5.41) is 5.37. The molecule has 0 radical (unpaired) electrons. The first kappa shape index (κ1) is 38.1. The van der Waals surface area contributed by atoms with Gasteiger partial charge < -0.3 is 21.1 Å². The maximum atomic E-state index is 13.6. The quantitative estimate of drug-likeness (QED) is 0.0819. The summed E-state index contributed by atoms with van der Waals surface area (Å²) in [6.45, 7) is 1.56. The number of sulfone groups is 1. The summed E-state index contributed by atoms with van der Waals surface area (Å²) in [5.74, 6) is -2.34. The molecule has 13 nitrogen and oxygen atoms in total. The van der Waals surface area contributed by atoms with E-state index in [4.69, 9.17) is 10.5 Å². The Morgan fingerprint density at radius 2 is 1.36 bits per heavy atom. The Morgan fingerprint density at radius 1 is 0.786 bits per heavy atom. The van der Waals surface area contributed by atoms with Crippen molar-refractivity contribution in [3.8, 4) is 11.1 Å². The number of ketones is 3. The number of Topliss-reactive ketones (excluding diaryl/α,β-unsaturated/α-hetero) is 1. The topological polar surface area (TPSA) is 216 Å². The predicted octanol–water partition coefficient (Wildman–Crippen LogP) is 6.08. The number of benzene rings is 5. The van der Waals surface area contributed by atoms with Crippen molar-refractivity contribution in [2.45, 2.75) is 41.5 Å². The number of anilines is 3. The third-order valence-electron chi connectivity index (χ3n) is 9.95. The van der Waals surface area contributed by atoms with Crippen molar-refractivity contribution < 1.29 is 45.3 Å². The van der Waals surface area contributed by atoms with Crippen LogP contribution in [-0.2, 0) is 29.5 Å². The van der Waals surface area contributed by atoms with Crippen molar-refractivity contribution in [3.05, 3.63) is 137 Å². The second-order valence-electron chi connectivity index (χ2n) is 13.5. The van der Waals surface area contributed by atoms with Crippen LogP contribution in [0.5, 0.6) is 0 Å². The predicted molar refractivity (Wildman–Crippen MR) is 208 cm³/mol. The van der Waals surface area contributed by atoms with E-state index in [1.54, 1.807) is 6.07 Å². The van der Waals surface area contributed by atoms with Crippen LogP contribution in [-0.4, -0.2) is 63.2 Å². The van der Waals surface area contributed by atoms with E-state index in [1.165, 1.54) is 49.4 Å². The number of amides is 1. The minimum absolute atomic E-state index is 0.00381. The molecule has 1 unspecified atom stereocenters. The van der Waals surface area contributed by atoms with E-state index < -0.39 is 71.3 Å². The largest absolute Gasteiger partial charge is 0.449 e. The highest BCUT2D eigenvalue weighted by molar-refractivity contribution is 7.91. The molecule has 2 aliphatic rings. The zero-order valence-corrected chi connectivity index (χ0v) is 31.4. The number of fused-ring (bicyclic) bond motifs is 5. The molecule has 0 fully saturated rings. The van der Waals surface area contributed by atoms with Gasteiger partial charge in [-0.1, -0.05) is 78.9 Å². The van der Waals surface area contributed by atoms with Crippen molar-refractivity contribution in [1.82, 2.24) is 5.32 Å². The van der Waals surface area contributed by atoms with Gasteiger partial charge in [-0.15, -0.1) is 0 Å². The van der Waals surface area contributed by atoms with Gasteiger partial charge in [-0.25, -0.2) is 13.2 Å². The number of ether oxygens (including phenoxy) is 1. The zero-order chi connectivity index (χ0) is 39.9. The SMILES string of the molecule is CC(NC(=O)OCC1c2ccccc2-c2ccccc21)C(=O)CCCS(=O)(=O)c1cccc(Nc2cc(S(=O)(=O)O)c(N)c3c2C(=O)c2ccccc2C3=O)c1. The van der Waals surface area contributed by atoms with Crippen LogP contribution in [0.2, 0.25) is 0 Å². The van der Waals surface area contributed by atoms with Gasteiger partial charge in [-0.3, -0.25) is 18.9 Å². The lowest BCUT2D eigenvalue weighted by atomic mass is 9.82. The molecule has 0 saturated heterocycles. The molecule has 15 heteroatoms. The van der Waals surface area contributed by atoms with E-state index in [2.05, 4.69) is 10.6 Å². The first-order chi connectivity index (χ1) is 26.7. The van der Waals surface area contributed by atoms with Gasteiger partial charge in [0.2, 0.25) is 0 Å². The molecular formula is C41H35N3O10S2. The number of hydrogen-bond donors (Lipinski definition) is 4. The summed E-state index contributed by atoms with van der Waals surface area (Å²) in [5.41, 5.74) is 8.99. The van der Waals surface area contributed by atoms with Gasteiger partial charge in [0, 0.05) is 29.2 Å². The average molecular weight is 794 g/mol. The summed E-state index contributed by atoms with van der Waals surface area (Å²) in [6.07, 6.45) is -0.990. The van der Waals surface area contributed by atoms with Crippen molar-refractivity contribution in [3.63, 3.8) is 0 Å². The molecule has 0 heterocycles. The molecule has 7 rings (SSSR count). The highest BCUT2D eigenvalue weighted by Gasteiger charge is 2.37. The van der Waals surface area contributed by atoms with E-state index in [9.17, 15) is 40.6 Å². The van der Waals surface area contributed by atoms with Crippen LogP contribution >= 0.6 is 0 Å². The molecule has 0 aromatic heterocycles. The second-order valence-corrected chi connectivity index (χ2v) is 17.0. The molecule has 1 amide bonds. The van der Waals surface area contributed by atoms with Crippen LogP contribution in [0.15, 0.2) is 113 Å². The van der Waals surface area contributed by atoms with Crippen molar-refractivity contribution in [2.75, 3.05) is 23.4 Å². The molecule has 5 aromatic carbocycles. The van der Waals surface area contributed by atoms with E-state index in [0.717, 1.165) is 28.3 Å². The normalized spacial score (nSPS) is 13.9. The minimum atomic E-state index is -4.97. The van der Waals surface area contributed by atoms with Gasteiger partial charge in [0.1, 0.15) is 11.5 Å². The Hall–Kier alpha value is -6.16. The van der Waals surface area contributed by atoms with Gasteiger partial charge in [0.15, 0.2) is 27.2 Å². The highest BCUT2D eigenvalue weighted by Crippen LogP contribution is 2.45. The van der Waals surface area contributed by atoms with Gasteiger partial charge in [-0.05, 0) is 59.9 Å². The molecule has 0 aliphatic heterocycles. The average Bonchev–Trinajstić information content (AvgIpc) is 3.49. The number of rotatable bonds is 12. The molecule has 0 bridgehead atoms. The van der Waals surface area contributed by atoms with E-state index in [1.807, 2.05) is 48.5 Å². The van der Waals surface area contributed by atoms with Crippen LogP contribution in [0.25, 0.3) is 11.1 Å². The zero-order valence-electron chi connectivity index (χ0n) is 29.8. The monoisotopic (exact) mass is 793 g/mol. The van der Waals surface area contributed by atoms with Crippen LogP contribution in [0.4, 0.5) is 21.9 Å².